The molecule has 1 aromatic carbocycles. The highest BCUT2D eigenvalue weighted by atomic mass is 19.4. The van der Waals surface area contributed by atoms with Gasteiger partial charge in [-0.25, -0.2) is 19.9 Å². The molecule has 5 N–H and O–H groups in total. The van der Waals surface area contributed by atoms with Gasteiger partial charge >= 0.3 is 6.18 Å². The van der Waals surface area contributed by atoms with Crippen LogP contribution in [0.15, 0.2) is 48.8 Å². The summed E-state index contributed by atoms with van der Waals surface area (Å²) in [5.41, 5.74) is 4.20. The number of hydrazine groups is 1. The number of aromatic nitrogens is 5. The van der Waals surface area contributed by atoms with Crippen molar-refractivity contribution in [3.8, 4) is 28.7 Å². The highest BCUT2D eigenvalue weighted by Crippen LogP contribution is 2.34. The lowest BCUT2D eigenvalue weighted by atomic mass is 10.1. The number of rotatable bonds is 9. The van der Waals surface area contributed by atoms with Gasteiger partial charge in [-0.3, -0.25) is 5.84 Å². The van der Waals surface area contributed by atoms with E-state index < -0.39 is 11.9 Å². The fourth-order valence-corrected chi connectivity index (χ4v) is 4.51. The molecular weight excluding hydrogens is 539 g/mol. The lowest BCUT2D eigenvalue weighted by Crippen LogP contribution is -2.29. The highest BCUT2D eigenvalue weighted by molar-refractivity contribution is 5.80. The number of halogens is 3. The van der Waals surface area contributed by atoms with E-state index in [2.05, 4.69) is 26.0 Å². The first-order chi connectivity index (χ1) is 19.8. The Kier molecular flexibility index (Phi) is 8.21. The van der Waals surface area contributed by atoms with Gasteiger partial charge in [-0.2, -0.15) is 13.2 Å². The number of nitrogen functional groups attached to an aromatic ring is 1. The topological polar surface area (TPSA) is 137 Å². The van der Waals surface area contributed by atoms with E-state index in [0.717, 1.165) is 31.0 Å². The van der Waals surface area contributed by atoms with Crippen LogP contribution in [0.1, 0.15) is 30.5 Å². The Morgan fingerprint density at radius 2 is 1.88 bits per heavy atom. The van der Waals surface area contributed by atoms with Crippen LogP contribution in [0.4, 0.5) is 30.5 Å². The molecule has 0 aliphatic carbocycles. The van der Waals surface area contributed by atoms with Crippen LogP contribution < -0.4 is 26.6 Å². The first-order valence-corrected chi connectivity index (χ1v) is 13.0. The summed E-state index contributed by atoms with van der Waals surface area (Å²) in [6.45, 7) is 0.984. The maximum atomic E-state index is 13.1. The predicted octanol–water partition coefficient (Wildman–Crippen LogP) is 4.80. The van der Waals surface area contributed by atoms with Crippen LogP contribution in [0.25, 0.3) is 22.8 Å². The predicted molar refractivity (Wildman–Crippen MR) is 148 cm³/mol. The normalized spacial score (nSPS) is 15.4. The van der Waals surface area contributed by atoms with Crippen molar-refractivity contribution in [2.24, 2.45) is 12.9 Å². The number of imidazole rings is 1. The molecule has 0 spiro atoms. The monoisotopic (exact) mass is 569 g/mol. The SMILES string of the molecule is COc1ncccc1-c1nc(NCc2ccc(-c3nc(C(F)(F)F)cn3C)cc2)c(NN)c(NC2CCCCO2)n1. The van der Waals surface area contributed by atoms with Crippen molar-refractivity contribution in [1.29, 1.82) is 0 Å². The Hall–Kier alpha value is -4.43. The number of hydrogen-bond acceptors (Lipinski definition) is 10. The average Bonchev–Trinajstić information content (AvgIpc) is 3.39. The number of nitrogens with two attached hydrogens (primary N) is 1. The molecule has 11 nitrogen and oxygen atoms in total. The highest BCUT2D eigenvalue weighted by Gasteiger charge is 2.34. The Labute approximate surface area is 234 Å². The van der Waals surface area contributed by atoms with Gasteiger partial charge in [-0.1, -0.05) is 24.3 Å². The summed E-state index contributed by atoms with van der Waals surface area (Å²) >= 11 is 0. The molecule has 41 heavy (non-hydrogen) atoms. The standard InChI is InChI=1S/C27H30F3N9O2/c1-39-15-19(27(28,29)30)34-25(39)17-10-8-16(9-11-17)14-33-23-21(38-31)24(35-20-7-3-4-13-41-20)37-22(36-23)18-6-5-12-32-26(18)40-2/h5-6,8-12,15,20,38H,3-4,7,13-14,31H2,1-2H3,(H2,33,35,36,37). The zero-order valence-electron chi connectivity index (χ0n) is 22.5. The number of benzene rings is 1. The second kappa shape index (κ2) is 12.0. The molecule has 1 aliphatic rings. The minimum atomic E-state index is -4.51. The summed E-state index contributed by atoms with van der Waals surface area (Å²) in [6.07, 6.45) is 0.673. The molecule has 1 unspecified atom stereocenters. The number of alkyl halides is 3. The number of anilines is 3. The van der Waals surface area contributed by atoms with Crippen molar-refractivity contribution in [2.75, 3.05) is 29.8 Å². The van der Waals surface area contributed by atoms with E-state index in [1.54, 1.807) is 36.5 Å². The van der Waals surface area contributed by atoms with E-state index in [4.69, 9.17) is 25.3 Å². The zero-order valence-corrected chi connectivity index (χ0v) is 22.5. The first-order valence-electron chi connectivity index (χ1n) is 13.0. The lowest BCUT2D eigenvalue weighted by molar-refractivity contribution is -0.140. The number of ether oxygens (including phenoxy) is 2. The maximum absolute atomic E-state index is 13.1. The van der Waals surface area contributed by atoms with Crippen molar-refractivity contribution < 1.29 is 22.6 Å². The number of hydrogen-bond donors (Lipinski definition) is 4. The lowest BCUT2D eigenvalue weighted by Gasteiger charge is -2.26. The summed E-state index contributed by atoms with van der Waals surface area (Å²) in [7, 11) is 3.05. The molecular formula is C27H30F3N9O2. The molecule has 0 saturated carbocycles. The molecule has 5 rings (SSSR count). The van der Waals surface area contributed by atoms with Gasteiger partial charge in [0.1, 0.15) is 17.7 Å². The van der Waals surface area contributed by atoms with E-state index in [-0.39, 0.29) is 12.1 Å². The van der Waals surface area contributed by atoms with Gasteiger partial charge < -0.3 is 30.1 Å². The van der Waals surface area contributed by atoms with Crippen LogP contribution in [0.5, 0.6) is 5.88 Å². The quantitative estimate of drug-likeness (QED) is 0.164. The largest absolute Gasteiger partial charge is 0.480 e. The minimum absolute atomic E-state index is 0.220. The zero-order chi connectivity index (χ0) is 29.0. The molecule has 0 radical (unpaired) electrons. The van der Waals surface area contributed by atoms with Crippen LogP contribution in [0, 0.1) is 0 Å². The molecule has 216 valence electrons. The van der Waals surface area contributed by atoms with Gasteiger partial charge in [0.05, 0.1) is 12.7 Å². The molecule has 3 aromatic heterocycles. The second-order valence-electron chi connectivity index (χ2n) is 9.43. The number of methoxy groups -OCH3 is 1. The van der Waals surface area contributed by atoms with Crippen LogP contribution >= 0.6 is 0 Å². The molecule has 0 amide bonds. The first kappa shape index (κ1) is 28.1. The maximum Gasteiger partial charge on any atom is 0.434 e. The van der Waals surface area contributed by atoms with Crippen molar-refractivity contribution in [3.05, 3.63) is 60.0 Å². The van der Waals surface area contributed by atoms with E-state index in [1.165, 1.54) is 18.7 Å². The third kappa shape index (κ3) is 6.33. The smallest absolute Gasteiger partial charge is 0.434 e. The Morgan fingerprint density at radius 1 is 1.10 bits per heavy atom. The van der Waals surface area contributed by atoms with Gasteiger partial charge in [-0.15, -0.1) is 0 Å². The molecule has 1 aliphatic heterocycles. The van der Waals surface area contributed by atoms with E-state index in [0.29, 0.717) is 53.3 Å². The van der Waals surface area contributed by atoms with E-state index in [1.807, 2.05) is 6.07 Å². The molecule has 1 fully saturated rings. The second-order valence-corrected chi connectivity index (χ2v) is 9.43. The molecule has 14 heteroatoms. The van der Waals surface area contributed by atoms with Gasteiger partial charge in [0.25, 0.3) is 0 Å². The number of aryl methyl sites for hydroxylation is 1. The number of nitrogens with one attached hydrogen (secondary N) is 3. The molecule has 4 aromatic rings. The fourth-order valence-electron chi connectivity index (χ4n) is 4.51. The van der Waals surface area contributed by atoms with Crippen molar-refractivity contribution in [2.45, 2.75) is 38.2 Å². The summed E-state index contributed by atoms with van der Waals surface area (Å²) in [5, 5.41) is 6.62. The Balaban J connectivity index is 1.42. The van der Waals surface area contributed by atoms with E-state index >= 15 is 0 Å². The van der Waals surface area contributed by atoms with E-state index in [9.17, 15) is 13.2 Å². The average molecular weight is 570 g/mol. The van der Waals surface area contributed by atoms with Crippen molar-refractivity contribution in [3.63, 3.8) is 0 Å². The third-order valence-electron chi connectivity index (χ3n) is 6.58. The summed E-state index contributed by atoms with van der Waals surface area (Å²) in [6, 6.07) is 10.6. The van der Waals surface area contributed by atoms with Crippen LogP contribution in [-0.4, -0.2) is 44.4 Å². The van der Waals surface area contributed by atoms with Crippen molar-refractivity contribution in [1.82, 2.24) is 24.5 Å². The number of nitrogens with zero attached hydrogens (tertiary/aromatic N) is 5. The fraction of sp³-hybridized carbons (Fsp3) is 0.333. The molecule has 1 atom stereocenters. The Morgan fingerprint density at radius 3 is 2.54 bits per heavy atom. The van der Waals surface area contributed by atoms with Gasteiger partial charge in [0, 0.05) is 38.2 Å². The van der Waals surface area contributed by atoms with Gasteiger partial charge in [0.15, 0.2) is 23.2 Å². The summed E-state index contributed by atoms with van der Waals surface area (Å²) in [4.78, 5) is 17.4. The van der Waals surface area contributed by atoms with Crippen molar-refractivity contribution >= 4 is 17.3 Å². The molecule has 4 heterocycles. The van der Waals surface area contributed by atoms with Crippen LogP contribution in [0.2, 0.25) is 0 Å². The number of pyridine rings is 1. The third-order valence-corrected chi connectivity index (χ3v) is 6.58. The molecule has 1 saturated heterocycles. The van der Waals surface area contributed by atoms with Crippen LogP contribution in [0.3, 0.4) is 0 Å². The summed E-state index contributed by atoms with van der Waals surface area (Å²) in [5.74, 6) is 7.74. The van der Waals surface area contributed by atoms with Gasteiger partial charge in [0.2, 0.25) is 5.88 Å². The van der Waals surface area contributed by atoms with Gasteiger partial charge in [-0.05, 0) is 37.0 Å². The summed E-state index contributed by atoms with van der Waals surface area (Å²) < 4.78 is 51.9. The Bertz CT molecular complexity index is 1490. The van der Waals surface area contributed by atoms with Crippen LogP contribution in [-0.2, 0) is 24.5 Å². The molecule has 0 bridgehead atoms. The minimum Gasteiger partial charge on any atom is -0.480 e.